The average molecular weight is 579 g/mol. The Labute approximate surface area is 244 Å². The molecule has 0 unspecified atom stereocenters. The summed E-state index contributed by atoms with van der Waals surface area (Å²) in [6, 6.07) is 13.1. The van der Waals surface area contributed by atoms with Crippen LogP contribution in [0.25, 0.3) is 11.0 Å². The van der Waals surface area contributed by atoms with E-state index in [9.17, 15) is 19.2 Å². The highest BCUT2D eigenvalue weighted by Crippen LogP contribution is 2.38. The third-order valence-electron chi connectivity index (χ3n) is 8.21. The van der Waals surface area contributed by atoms with Crippen molar-refractivity contribution in [2.45, 2.75) is 57.3 Å². The summed E-state index contributed by atoms with van der Waals surface area (Å²) in [5.74, 6) is -0.352. The summed E-state index contributed by atoms with van der Waals surface area (Å²) in [5, 5.41) is 12.5. The Morgan fingerprint density at radius 1 is 1.00 bits per heavy atom. The minimum Gasteiger partial charge on any atom is -0.493 e. The van der Waals surface area contributed by atoms with Crippen LogP contribution in [0.15, 0.2) is 51.7 Å². The molecule has 1 fully saturated rings. The van der Waals surface area contributed by atoms with Crippen molar-refractivity contribution in [2.75, 3.05) is 33.9 Å². The third kappa shape index (κ3) is 6.42. The fourth-order valence-corrected chi connectivity index (χ4v) is 5.72. The van der Waals surface area contributed by atoms with Gasteiger partial charge in [0.05, 0.1) is 31.6 Å². The maximum atomic E-state index is 13.6. The molecule has 0 saturated carbocycles. The van der Waals surface area contributed by atoms with Crippen LogP contribution < -0.4 is 20.4 Å². The van der Waals surface area contributed by atoms with Crippen molar-refractivity contribution < 1.29 is 33.4 Å². The Hall–Kier alpha value is -4.34. The number of ether oxygens (including phenoxy) is 2. The van der Waals surface area contributed by atoms with E-state index in [1.54, 1.807) is 24.0 Å². The second-order valence-corrected chi connectivity index (χ2v) is 10.6. The van der Waals surface area contributed by atoms with Crippen LogP contribution in [0, 0.1) is 6.92 Å². The Balaban J connectivity index is 1.47. The summed E-state index contributed by atoms with van der Waals surface area (Å²) in [4.78, 5) is 52.4. The molecule has 4 rings (SSSR count). The molecule has 1 aliphatic rings. The highest BCUT2D eigenvalue weighted by molar-refractivity contribution is 5.91. The lowest BCUT2D eigenvalue weighted by molar-refractivity contribution is -0.137. The summed E-state index contributed by atoms with van der Waals surface area (Å²) < 4.78 is 16.3. The number of fused-ring (bicyclic) bond motifs is 1. The van der Waals surface area contributed by atoms with E-state index in [-0.39, 0.29) is 30.2 Å². The molecule has 224 valence electrons. The third-order valence-corrected chi connectivity index (χ3v) is 8.21. The number of carbonyl (C=O) groups is 3. The number of carboxylic acids is 1. The second kappa shape index (κ2) is 13.5. The molecule has 1 aromatic heterocycles. The van der Waals surface area contributed by atoms with Crippen LogP contribution in [0.5, 0.6) is 11.5 Å². The van der Waals surface area contributed by atoms with E-state index in [0.717, 1.165) is 12.0 Å². The number of methoxy groups -OCH3 is 2. The van der Waals surface area contributed by atoms with Crippen molar-refractivity contribution in [3.63, 3.8) is 0 Å². The number of likely N-dealkylation sites (tertiary alicyclic amines) is 1. The average Bonchev–Trinajstić information content (AvgIpc) is 3.00. The van der Waals surface area contributed by atoms with Crippen LogP contribution in [0.1, 0.15) is 55.2 Å². The molecule has 0 spiro atoms. The number of hydrogen-bond acceptors (Lipinski definition) is 7. The van der Waals surface area contributed by atoms with Crippen molar-refractivity contribution in [1.82, 2.24) is 10.2 Å². The Kier molecular flexibility index (Phi) is 9.88. The van der Waals surface area contributed by atoms with Gasteiger partial charge in [-0.2, -0.15) is 0 Å². The first-order chi connectivity index (χ1) is 20.2. The van der Waals surface area contributed by atoms with E-state index in [2.05, 4.69) is 5.32 Å². The molecule has 1 aliphatic heterocycles. The number of aryl methyl sites for hydroxylation is 1. The Morgan fingerprint density at radius 2 is 1.71 bits per heavy atom. The zero-order valence-corrected chi connectivity index (χ0v) is 24.4. The van der Waals surface area contributed by atoms with Crippen molar-refractivity contribution in [3.8, 4) is 11.5 Å². The highest BCUT2D eigenvalue weighted by atomic mass is 16.5. The molecular weight excluding hydrogens is 540 g/mol. The summed E-state index contributed by atoms with van der Waals surface area (Å²) in [5.41, 5.74) is 0.726. The maximum absolute atomic E-state index is 13.6. The summed E-state index contributed by atoms with van der Waals surface area (Å²) in [7, 11) is 2.97. The fourth-order valence-electron chi connectivity index (χ4n) is 5.72. The molecule has 10 heteroatoms. The molecule has 42 heavy (non-hydrogen) atoms. The second-order valence-electron chi connectivity index (χ2n) is 10.6. The minimum atomic E-state index is -0.819. The molecule has 0 aliphatic carbocycles. The molecule has 2 amide bonds. The lowest BCUT2D eigenvalue weighted by Crippen LogP contribution is -2.53. The van der Waals surface area contributed by atoms with Crippen molar-refractivity contribution in [1.29, 1.82) is 0 Å². The van der Waals surface area contributed by atoms with Gasteiger partial charge in [-0.25, -0.2) is 4.79 Å². The molecule has 1 saturated heterocycles. The van der Waals surface area contributed by atoms with E-state index in [4.69, 9.17) is 19.0 Å². The van der Waals surface area contributed by atoms with Gasteiger partial charge in [0.25, 0.3) is 0 Å². The number of hydrogen-bond donors (Lipinski definition) is 2. The largest absolute Gasteiger partial charge is 0.493 e. The topological polar surface area (TPSA) is 135 Å². The number of unbranched alkanes of at least 4 members (excludes halogenated alkanes) is 2. The maximum Gasteiger partial charge on any atom is 0.340 e. The van der Waals surface area contributed by atoms with Crippen LogP contribution in [0.2, 0.25) is 0 Å². The summed E-state index contributed by atoms with van der Waals surface area (Å²) in [6.45, 7) is 2.98. The number of carboxylic acid groups (broad SMARTS) is 1. The number of amides is 2. The predicted molar refractivity (Wildman–Crippen MR) is 157 cm³/mol. The SMILES string of the molecule is COc1ccc2c(C)c(CC(=O)N3CCC(C(=O)NCCCCCC(=O)O)(c4ccccc4)CC3)c(=O)oc2c1OC. The van der Waals surface area contributed by atoms with E-state index in [1.807, 2.05) is 30.3 Å². The zero-order valence-electron chi connectivity index (χ0n) is 24.4. The van der Waals surface area contributed by atoms with Gasteiger partial charge in [-0.3, -0.25) is 14.4 Å². The van der Waals surface area contributed by atoms with E-state index >= 15 is 0 Å². The standard InChI is InChI=1S/C32H38N2O8/c1-21-23-13-14-25(40-2)29(41-3)28(23)42-30(38)24(21)20-26(35)34-18-15-32(16-19-34,22-10-6-4-7-11-22)31(39)33-17-9-5-8-12-27(36)37/h4,6-7,10-11,13-14H,5,8-9,12,15-20H2,1-3H3,(H,33,39)(H,36,37). The molecule has 2 heterocycles. The van der Waals surface area contributed by atoms with Gasteiger partial charge in [-0.05, 0) is 55.9 Å². The molecule has 2 N–H and O–H groups in total. The lowest BCUT2D eigenvalue weighted by Gasteiger charge is -2.41. The smallest absolute Gasteiger partial charge is 0.340 e. The molecule has 0 bridgehead atoms. The number of aliphatic carboxylic acids is 1. The van der Waals surface area contributed by atoms with E-state index in [1.165, 1.54) is 14.2 Å². The first kappa shape index (κ1) is 30.6. The van der Waals surface area contributed by atoms with Gasteiger partial charge in [0.1, 0.15) is 0 Å². The van der Waals surface area contributed by atoms with E-state index < -0.39 is 17.0 Å². The van der Waals surface area contributed by atoms with Gasteiger partial charge < -0.3 is 29.2 Å². The van der Waals surface area contributed by atoms with Crippen LogP contribution in [-0.4, -0.2) is 61.6 Å². The molecule has 0 atom stereocenters. The van der Waals surface area contributed by atoms with Crippen LogP contribution >= 0.6 is 0 Å². The monoisotopic (exact) mass is 578 g/mol. The van der Waals surface area contributed by atoms with Crippen LogP contribution in [0.4, 0.5) is 0 Å². The molecular formula is C32H38N2O8. The molecule has 3 aromatic rings. The number of benzene rings is 2. The van der Waals surface area contributed by atoms with Gasteiger partial charge in [-0.1, -0.05) is 36.8 Å². The number of carbonyl (C=O) groups excluding carboxylic acids is 2. The van der Waals surface area contributed by atoms with Crippen LogP contribution in [0.3, 0.4) is 0 Å². The minimum absolute atomic E-state index is 0.0885. The lowest BCUT2D eigenvalue weighted by atomic mass is 9.72. The van der Waals surface area contributed by atoms with Gasteiger partial charge in [0.15, 0.2) is 11.3 Å². The normalized spacial score (nSPS) is 14.4. The molecule has 10 nitrogen and oxygen atoms in total. The van der Waals surface area contributed by atoms with Crippen molar-refractivity contribution >= 4 is 28.8 Å². The highest BCUT2D eigenvalue weighted by Gasteiger charge is 2.43. The number of piperidine rings is 1. The van der Waals surface area contributed by atoms with E-state index in [0.29, 0.717) is 73.3 Å². The zero-order chi connectivity index (χ0) is 30.3. The molecule has 2 aromatic carbocycles. The Morgan fingerprint density at radius 3 is 2.36 bits per heavy atom. The van der Waals surface area contributed by atoms with Crippen molar-refractivity contribution in [2.24, 2.45) is 0 Å². The quantitative estimate of drug-likeness (QED) is 0.243. The van der Waals surface area contributed by atoms with Gasteiger partial charge in [0.2, 0.25) is 17.6 Å². The summed E-state index contributed by atoms with van der Waals surface area (Å²) >= 11 is 0. The van der Waals surface area contributed by atoms with Crippen molar-refractivity contribution in [3.05, 3.63) is 69.6 Å². The number of rotatable bonds is 12. The summed E-state index contributed by atoms with van der Waals surface area (Å²) in [6.07, 6.45) is 2.87. The molecule has 0 radical (unpaired) electrons. The van der Waals surface area contributed by atoms with Crippen LogP contribution in [-0.2, 0) is 26.2 Å². The first-order valence-corrected chi connectivity index (χ1v) is 14.2. The first-order valence-electron chi connectivity index (χ1n) is 14.2. The fraction of sp³-hybridized carbons (Fsp3) is 0.438. The number of nitrogens with zero attached hydrogens (tertiary/aromatic N) is 1. The van der Waals surface area contributed by atoms with Gasteiger partial charge >= 0.3 is 11.6 Å². The number of nitrogens with one attached hydrogen (secondary N) is 1. The Bertz CT molecular complexity index is 1490. The predicted octanol–water partition coefficient (Wildman–Crippen LogP) is 3.98. The van der Waals surface area contributed by atoms with Gasteiger partial charge in [0, 0.05) is 31.4 Å². The van der Waals surface area contributed by atoms with Gasteiger partial charge in [-0.15, -0.1) is 0 Å².